The van der Waals surface area contributed by atoms with Gasteiger partial charge in [0.2, 0.25) is 0 Å². The van der Waals surface area contributed by atoms with Crippen LogP contribution in [0.5, 0.6) is 0 Å². The molecule has 0 aliphatic rings. The summed E-state index contributed by atoms with van der Waals surface area (Å²) < 4.78 is 27.0. The lowest BCUT2D eigenvalue weighted by Gasteiger charge is -2.00. The van der Waals surface area contributed by atoms with Crippen molar-refractivity contribution in [1.29, 1.82) is 0 Å². The van der Waals surface area contributed by atoms with Crippen molar-refractivity contribution < 1.29 is 12.6 Å². The Labute approximate surface area is 91.6 Å². The van der Waals surface area contributed by atoms with E-state index in [9.17, 15) is 8.42 Å². The molecular formula is C8H8N4O3S. The van der Waals surface area contributed by atoms with E-state index in [1.165, 1.54) is 12.4 Å². The summed E-state index contributed by atoms with van der Waals surface area (Å²) in [6, 6.07) is 1.58. The van der Waals surface area contributed by atoms with Gasteiger partial charge in [-0.1, -0.05) is 0 Å². The molecule has 0 unspecified atom stereocenters. The first-order chi connectivity index (χ1) is 7.63. The van der Waals surface area contributed by atoms with Crippen LogP contribution >= 0.6 is 0 Å². The maximum Gasteiger partial charge on any atom is 0.332 e. The highest BCUT2D eigenvalue weighted by atomic mass is 32.2. The molecule has 1 N–H and O–H groups in total. The molecule has 84 valence electrons. The van der Waals surface area contributed by atoms with E-state index in [1.807, 2.05) is 0 Å². The van der Waals surface area contributed by atoms with E-state index >= 15 is 0 Å². The van der Waals surface area contributed by atoms with Gasteiger partial charge in [0, 0.05) is 18.0 Å². The number of nitrogens with one attached hydrogen (secondary N) is 1. The molecular weight excluding hydrogens is 232 g/mol. The standard InChI is InChI=1S/C8H8N4O3S/c1-15-16(13,14)8-9-3-2-7(12-8)6-4-10-11-5-6/h2-5H,1H3,(H,10,11). The first kappa shape index (κ1) is 10.7. The summed E-state index contributed by atoms with van der Waals surface area (Å²) in [6.07, 6.45) is 4.48. The predicted octanol–water partition coefficient (Wildman–Crippen LogP) is 0.202. The molecule has 2 rings (SSSR count). The summed E-state index contributed by atoms with van der Waals surface area (Å²) in [7, 11) is -2.81. The van der Waals surface area contributed by atoms with Crippen LogP contribution < -0.4 is 0 Å². The molecule has 0 saturated heterocycles. The summed E-state index contributed by atoms with van der Waals surface area (Å²) in [5.41, 5.74) is 1.13. The van der Waals surface area contributed by atoms with Crippen LogP contribution in [0.25, 0.3) is 11.3 Å². The monoisotopic (exact) mass is 240 g/mol. The smallest absolute Gasteiger partial charge is 0.285 e. The van der Waals surface area contributed by atoms with E-state index in [1.54, 1.807) is 12.3 Å². The highest BCUT2D eigenvalue weighted by Crippen LogP contribution is 2.15. The van der Waals surface area contributed by atoms with Crippen molar-refractivity contribution in [2.24, 2.45) is 0 Å². The van der Waals surface area contributed by atoms with Gasteiger partial charge >= 0.3 is 10.1 Å². The Balaban J connectivity index is 2.50. The molecule has 8 heteroatoms. The van der Waals surface area contributed by atoms with E-state index in [0.29, 0.717) is 11.3 Å². The Hall–Kier alpha value is -1.80. The average Bonchev–Trinajstić information content (AvgIpc) is 2.83. The minimum atomic E-state index is -3.86. The normalized spacial score (nSPS) is 11.6. The molecule has 16 heavy (non-hydrogen) atoms. The van der Waals surface area contributed by atoms with Crippen molar-refractivity contribution in [1.82, 2.24) is 20.2 Å². The van der Waals surface area contributed by atoms with Crippen molar-refractivity contribution in [3.05, 3.63) is 24.7 Å². The third-order valence-corrected chi connectivity index (χ3v) is 2.95. The molecule has 0 aromatic carbocycles. The van der Waals surface area contributed by atoms with E-state index in [-0.39, 0.29) is 5.16 Å². The molecule has 0 amide bonds. The Morgan fingerprint density at radius 2 is 2.25 bits per heavy atom. The topological polar surface area (TPSA) is 97.8 Å². The van der Waals surface area contributed by atoms with Gasteiger partial charge in [0.25, 0.3) is 5.16 Å². The average molecular weight is 240 g/mol. The van der Waals surface area contributed by atoms with Crippen LogP contribution in [0.4, 0.5) is 0 Å². The van der Waals surface area contributed by atoms with E-state index < -0.39 is 10.1 Å². The lowest BCUT2D eigenvalue weighted by molar-refractivity contribution is 0.392. The molecule has 0 saturated carbocycles. The van der Waals surface area contributed by atoms with Crippen LogP contribution in [-0.4, -0.2) is 35.7 Å². The number of H-pyrrole nitrogens is 1. The number of hydrogen-bond donors (Lipinski definition) is 1. The summed E-state index contributed by atoms with van der Waals surface area (Å²) >= 11 is 0. The zero-order chi connectivity index (χ0) is 11.6. The summed E-state index contributed by atoms with van der Waals surface area (Å²) in [6.45, 7) is 0. The predicted molar refractivity (Wildman–Crippen MR) is 53.8 cm³/mol. The molecule has 0 aliphatic carbocycles. The fourth-order valence-electron chi connectivity index (χ4n) is 1.09. The van der Waals surface area contributed by atoms with Crippen molar-refractivity contribution in [2.45, 2.75) is 5.16 Å². The molecule has 0 radical (unpaired) electrons. The highest BCUT2D eigenvalue weighted by molar-refractivity contribution is 7.86. The zero-order valence-electron chi connectivity index (χ0n) is 8.28. The Bertz CT molecular complexity index is 579. The summed E-state index contributed by atoms with van der Waals surface area (Å²) in [5, 5.41) is 5.99. The Morgan fingerprint density at radius 1 is 1.44 bits per heavy atom. The summed E-state index contributed by atoms with van der Waals surface area (Å²) in [4.78, 5) is 7.51. The second-order valence-electron chi connectivity index (χ2n) is 2.83. The lowest BCUT2D eigenvalue weighted by atomic mass is 10.2. The van der Waals surface area contributed by atoms with Crippen LogP contribution in [0, 0.1) is 0 Å². The van der Waals surface area contributed by atoms with E-state index in [4.69, 9.17) is 0 Å². The molecule has 2 aromatic rings. The molecule has 2 heterocycles. The number of aromatic nitrogens is 4. The van der Waals surface area contributed by atoms with Gasteiger partial charge in [-0.15, -0.1) is 0 Å². The minimum Gasteiger partial charge on any atom is -0.285 e. The quantitative estimate of drug-likeness (QED) is 0.608. The molecule has 0 bridgehead atoms. The van der Waals surface area contributed by atoms with Gasteiger partial charge in [-0.2, -0.15) is 13.5 Å². The Kier molecular flexibility index (Phi) is 2.67. The largest absolute Gasteiger partial charge is 0.332 e. The maximum atomic E-state index is 11.4. The third kappa shape index (κ3) is 1.92. The van der Waals surface area contributed by atoms with Gasteiger partial charge in [0.1, 0.15) is 0 Å². The lowest BCUT2D eigenvalue weighted by Crippen LogP contribution is -2.08. The van der Waals surface area contributed by atoms with Crippen LogP contribution in [-0.2, 0) is 14.3 Å². The number of hydrogen-bond acceptors (Lipinski definition) is 6. The maximum absolute atomic E-state index is 11.4. The van der Waals surface area contributed by atoms with Crippen molar-refractivity contribution >= 4 is 10.1 Å². The molecule has 2 aromatic heterocycles. The highest BCUT2D eigenvalue weighted by Gasteiger charge is 2.17. The van der Waals surface area contributed by atoms with E-state index in [0.717, 1.165) is 7.11 Å². The first-order valence-corrected chi connectivity index (χ1v) is 5.67. The molecule has 0 aliphatic heterocycles. The molecule has 7 nitrogen and oxygen atoms in total. The summed E-state index contributed by atoms with van der Waals surface area (Å²) in [5.74, 6) is 0. The van der Waals surface area contributed by atoms with Crippen molar-refractivity contribution in [3.8, 4) is 11.3 Å². The van der Waals surface area contributed by atoms with Gasteiger partial charge in [-0.25, -0.2) is 9.97 Å². The second-order valence-corrected chi connectivity index (χ2v) is 4.44. The Morgan fingerprint density at radius 3 is 2.88 bits per heavy atom. The first-order valence-electron chi connectivity index (χ1n) is 4.26. The van der Waals surface area contributed by atoms with Crippen molar-refractivity contribution in [3.63, 3.8) is 0 Å². The van der Waals surface area contributed by atoms with Gasteiger partial charge in [0.15, 0.2) is 0 Å². The second kappa shape index (κ2) is 3.99. The third-order valence-electron chi connectivity index (χ3n) is 1.87. The van der Waals surface area contributed by atoms with Gasteiger partial charge in [-0.3, -0.25) is 9.28 Å². The minimum absolute atomic E-state index is 0.367. The van der Waals surface area contributed by atoms with Crippen LogP contribution in [0.2, 0.25) is 0 Å². The zero-order valence-corrected chi connectivity index (χ0v) is 9.10. The number of rotatable bonds is 3. The van der Waals surface area contributed by atoms with Crippen molar-refractivity contribution in [2.75, 3.05) is 7.11 Å². The fourth-order valence-corrected chi connectivity index (χ4v) is 1.64. The van der Waals surface area contributed by atoms with Crippen LogP contribution in [0.1, 0.15) is 0 Å². The van der Waals surface area contributed by atoms with E-state index in [2.05, 4.69) is 24.3 Å². The van der Waals surface area contributed by atoms with Crippen LogP contribution in [0.15, 0.2) is 29.8 Å². The fraction of sp³-hybridized carbons (Fsp3) is 0.125. The molecule has 0 fully saturated rings. The van der Waals surface area contributed by atoms with Gasteiger partial charge in [0.05, 0.1) is 19.0 Å². The SMILES string of the molecule is COS(=O)(=O)c1nccc(-c2cn[nH]c2)n1. The van der Waals surface area contributed by atoms with Gasteiger partial charge < -0.3 is 0 Å². The number of nitrogens with zero attached hydrogens (tertiary/aromatic N) is 3. The molecule has 0 atom stereocenters. The molecule has 0 spiro atoms. The van der Waals surface area contributed by atoms with Crippen LogP contribution in [0.3, 0.4) is 0 Å². The number of aromatic amines is 1. The van der Waals surface area contributed by atoms with Gasteiger partial charge in [-0.05, 0) is 6.07 Å².